The summed E-state index contributed by atoms with van der Waals surface area (Å²) >= 11 is 0. The second-order valence-corrected chi connectivity index (χ2v) is 6.20. The third-order valence-electron chi connectivity index (χ3n) is 4.65. The molecule has 2 heterocycles. The maximum absolute atomic E-state index is 12.0. The lowest BCUT2D eigenvalue weighted by atomic mass is 10.1. The van der Waals surface area contributed by atoms with Crippen LogP contribution in [0.4, 0.5) is 0 Å². The predicted octanol–water partition coefficient (Wildman–Crippen LogP) is 1.84. The van der Waals surface area contributed by atoms with Gasteiger partial charge in [-0.3, -0.25) is 9.69 Å². The second-order valence-electron chi connectivity index (χ2n) is 6.20. The van der Waals surface area contributed by atoms with Crippen molar-refractivity contribution in [3.05, 3.63) is 39.7 Å². The van der Waals surface area contributed by atoms with E-state index < -0.39 is 5.63 Å². The highest BCUT2D eigenvalue weighted by Crippen LogP contribution is 2.28. The third-order valence-corrected chi connectivity index (χ3v) is 4.65. The summed E-state index contributed by atoms with van der Waals surface area (Å²) in [5.74, 6) is -0.213. The molecule has 2 aromatic rings. The van der Waals surface area contributed by atoms with E-state index in [2.05, 4.69) is 16.7 Å². The van der Waals surface area contributed by atoms with E-state index in [-0.39, 0.29) is 17.1 Å². The molecule has 1 saturated heterocycles. The van der Waals surface area contributed by atoms with E-state index in [9.17, 15) is 14.7 Å². The Morgan fingerprint density at radius 2 is 1.88 bits per heavy atom. The highest BCUT2D eigenvalue weighted by molar-refractivity contribution is 5.97. The molecule has 0 bridgehead atoms. The van der Waals surface area contributed by atoms with E-state index in [1.54, 1.807) is 18.2 Å². The SMILES string of the molecule is CCN1CCN(Cc2c(O)ccc3cc(C(C)=O)c(=O)oc23)CC1. The zero-order valence-corrected chi connectivity index (χ0v) is 14.0. The summed E-state index contributed by atoms with van der Waals surface area (Å²) in [5, 5.41) is 10.9. The van der Waals surface area contributed by atoms with Crippen molar-refractivity contribution in [2.75, 3.05) is 32.7 Å². The van der Waals surface area contributed by atoms with Gasteiger partial charge in [0.25, 0.3) is 0 Å². The molecule has 0 aliphatic carbocycles. The molecule has 128 valence electrons. The molecular formula is C18H22N2O4. The Bertz CT molecular complexity index is 820. The Morgan fingerprint density at radius 1 is 1.21 bits per heavy atom. The van der Waals surface area contributed by atoms with Crippen molar-refractivity contribution in [3.8, 4) is 5.75 Å². The van der Waals surface area contributed by atoms with Gasteiger partial charge in [0.15, 0.2) is 5.78 Å². The molecular weight excluding hydrogens is 308 g/mol. The summed E-state index contributed by atoms with van der Waals surface area (Å²) in [7, 11) is 0. The largest absolute Gasteiger partial charge is 0.507 e. The standard InChI is InChI=1S/C18H22N2O4/c1-3-19-6-8-20(9-7-19)11-15-16(22)5-4-13-10-14(12(2)21)18(23)24-17(13)15/h4-5,10,22H,3,6-9,11H2,1-2H3. The summed E-state index contributed by atoms with van der Waals surface area (Å²) in [6, 6.07) is 4.80. The van der Waals surface area contributed by atoms with Gasteiger partial charge in [0.05, 0.1) is 5.56 Å². The van der Waals surface area contributed by atoms with Crippen LogP contribution in [-0.4, -0.2) is 53.4 Å². The van der Waals surface area contributed by atoms with Crippen molar-refractivity contribution in [1.82, 2.24) is 9.80 Å². The van der Waals surface area contributed by atoms with Crippen molar-refractivity contribution in [2.24, 2.45) is 0 Å². The van der Waals surface area contributed by atoms with Crippen molar-refractivity contribution in [2.45, 2.75) is 20.4 Å². The summed E-state index contributed by atoms with van der Waals surface area (Å²) < 4.78 is 5.38. The number of Topliss-reactive ketones (excluding diaryl/α,β-unsaturated/α-hetero) is 1. The van der Waals surface area contributed by atoms with Gasteiger partial charge in [-0.1, -0.05) is 6.92 Å². The van der Waals surface area contributed by atoms with Crippen LogP contribution in [0, 0.1) is 0 Å². The highest BCUT2D eigenvalue weighted by atomic mass is 16.4. The van der Waals surface area contributed by atoms with Crippen LogP contribution in [0.25, 0.3) is 11.0 Å². The Balaban J connectivity index is 1.95. The average molecular weight is 330 g/mol. The third kappa shape index (κ3) is 3.20. The Hall–Kier alpha value is -2.18. The molecule has 0 spiro atoms. The van der Waals surface area contributed by atoms with E-state index in [4.69, 9.17) is 4.42 Å². The van der Waals surface area contributed by atoms with Gasteiger partial charge in [0.2, 0.25) is 0 Å². The minimum Gasteiger partial charge on any atom is -0.507 e. The van der Waals surface area contributed by atoms with Crippen LogP contribution in [0.1, 0.15) is 29.8 Å². The van der Waals surface area contributed by atoms with E-state index >= 15 is 0 Å². The molecule has 6 heteroatoms. The van der Waals surface area contributed by atoms with Crippen LogP contribution in [0.2, 0.25) is 0 Å². The van der Waals surface area contributed by atoms with E-state index in [0.29, 0.717) is 23.1 Å². The van der Waals surface area contributed by atoms with Crippen LogP contribution in [0.5, 0.6) is 5.75 Å². The average Bonchev–Trinajstić information content (AvgIpc) is 2.57. The minimum absolute atomic E-state index is 0.0377. The molecule has 0 atom stereocenters. The fraction of sp³-hybridized carbons (Fsp3) is 0.444. The highest BCUT2D eigenvalue weighted by Gasteiger charge is 2.20. The fourth-order valence-electron chi connectivity index (χ4n) is 3.12. The number of hydrogen-bond acceptors (Lipinski definition) is 6. The van der Waals surface area contributed by atoms with Gasteiger partial charge in [-0.25, -0.2) is 4.79 Å². The van der Waals surface area contributed by atoms with Gasteiger partial charge in [-0.2, -0.15) is 0 Å². The molecule has 1 aliphatic rings. The Morgan fingerprint density at radius 3 is 2.50 bits per heavy atom. The van der Waals surface area contributed by atoms with Gasteiger partial charge < -0.3 is 14.4 Å². The Kier molecular flexibility index (Phi) is 4.69. The number of fused-ring (bicyclic) bond motifs is 1. The lowest BCUT2D eigenvalue weighted by Crippen LogP contribution is -2.45. The number of nitrogens with zero attached hydrogens (tertiary/aromatic N) is 2. The zero-order chi connectivity index (χ0) is 17.3. The van der Waals surface area contributed by atoms with Crippen molar-refractivity contribution in [3.63, 3.8) is 0 Å². The fourth-order valence-corrected chi connectivity index (χ4v) is 3.12. The predicted molar refractivity (Wildman–Crippen MR) is 91.5 cm³/mol. The summed E-state index contributed by atoms with van der Waals surface area (Å²) in [6.45, 7) is 8.82. The second kappa shape index (κ2) is 6.75. The van der Waals surface area contributed by atoms with E-state index in [1.165, 1.54) is 6.92 Å². The summed E-state index contributed by atoms with van der Waals surface area (Å²) in [5.41, 5.74) is 0.348. The van der Waals surface area contributed by atoms with Gasteiger partial charge in [0, 0.05) is 38.1 Å². The topological polar surface area (TPSA) is 74.0 Å². The first-order valence-corrected chi connectivity index (χ1v) is 8.24. The first-order chi connectivity index (χ1) is 11.5. The number of rotatable bonds is 4. The smallest absolute Gasteiger partial charge is 0.347 e. The molecule has 6 nitrogen and oxygen atoms in total. The summed E-state index contributed by atoms with van der Waals surface area (Å²) in [6.07, 6.45) is 0. The molecule has 1 aromatic carbocycles. The molecule has 0 radical (unpaired) electrons. The number of carbonyl (C=O) groups is 1. The van der Waals surface area contributed by atoms with Crippen molar-refractivity contribution < 1.29 is 14.3 Å². The maximum atomic E-state index is 12.0. The number of benzene rings is 1. The number of ketones is 1. The molecule has 1 fully saturated rings. The van der Waals surface area contributed by atoms with Crippen molar-refractivity contribution >= 4 is 16.8 Å². The van der Waals surface area contributed by atoms with E-state index in [1.807, 2.05) is 0 Å². The number of aromatic hydroxyl groups is 1. The molecule has 0 saturated carbocycles. The first kappa shape index (κ1) is 16.7. The molecule has 1 aromatic heterocycles. The van der Waals surface area contributed by atoms with Gasteiger partial charge in [0.1, 0.15) is 16.9 Å². The Labute approximate surface area is 140 Å². The molecule has 1 aliphatic heterocycles. The molecule has 3 rings (SSSR count). The number of likely N-dealkylation sites (N-methyl/N-ethyl adjacent to an activating group) is 1. The quantitative estimate of drug-likeness (QED) is 0.681. The maximum Gasteiger partial charge on any atom is 0.347 e. The molecule has 0 unspecified atom stereocenters. The molecule has 1 N–H and O–H groups in total. The normalized spacial score (nSPS) is 16.6. The van der Waals surface area contributed by atoms with Crippen LogP contribution in [0.3, 0.4) is 0 Å². The monoisotopic (exact) mass is 330 g/mol. The van der Waals surface area contributed by atoms with Crippen LogP contribution >= 0.6 is 0 Å². The molecule has 24 heavy (non-hydrogen) atoms. The van der Waals surface area contributed by atoms with Crippen LogP contribution < -0.4 is 5.63 Å². The lowest BCUT2D eigenvalue weighted by Gasteiger charge is -2.34. The van der Waals surface area contributed by atoms with Crippen molar-refractivity contribution in [1.29, 1.82) is 0 Å². The molecule has 0 amide bonds. The van der Waals surface area contributed by atoms with E-state index in [0.717, 1.165) is 32.7 Å². The number of carbonyl (C=O) groups excluding carboxylic acids is 1. The number of phenolic OH excluding ortho intramolecular Hbond substituents is 1. The first-order valence-electron chi connectivity index (χ1n) is 8.24. The number of piperazine rings is 1. The van der Waals surface area contributed by atoms with Crippen LogP contribution in [-0.2, 0) is 6.54 Å². The minimum atomic E-state index is -0.655. The van der Waals surface area contributed by atoms with Gasteiger partial charge >= 0.3 is 5.63 Å². The lowest BCUT2D eigenvalue weighted by molar-refractivity contribution is 0.101. The van der Waals surface area contributed by atoms with Crippen LogP contribution in [0.15, 0.2) is 27.4 Å². The summed E-state index contributed by atoms with van der Waals surface area (Å²) in [4.78, 5) is 28.1. The number of hydrogen-bond donors (Lipinski definition) is 1. The number of phenols is 1. The zero-order valence-electron chi connectivity index (χ0n) is 14.0. The van der Waals surface area contributed by atoms with Gasteiger partial charge in [-0.05, 0) is 31.7 Å². The van der Waals surface area contributed by atoms with Gasteiger partial charge in [-0.15, -0.1) is 0 Å².